The van der Waals surface area contributed by atoms with Crippen LogP contribution in [0.3, 0.4) is 0 Å². The lowest BCUT2D eigenvalue weighted by molar-refractivity contribution is -0.0298. The number of nitrogens with zero attached hydrogens (tertiary/aromatic N) is 3. The van der Waals surface area contributed by atoms with E-state index in [0.29, 0.717) is 13.2 Å². The number of carbonyl (C=O) groups is 1. The monoisotopic (exact) mass is 268 g/mol. The van der Waals surface area contributed by atoms with Gasteiger partial charge < -0.3 is 15.2 Å². The van der Waals surface area contributed by atoms with Gasteiger partial charge in [-0.3, -0.25) is 9.58 Å². The molecular formula is C12H20N4O3. The lowest BCUT2D eigenvalue weighted by Gasteiger charge is -2.32. The third-order valence-electron chi connectivity index (χ3n) is 3.32. The molecule has 7 nitrogen and oxygen atoms in total. The highest BCUT2D eigenvalue weighted by Gasteiger charge is 2.23. The number of nitrogens with one attached hydrogen (secondary N) is 1. The highest BCUT2D eigenvalue weighted by molar-refractivity contribution is 5.88. The molecular weight excluding hydrogens is 248 g/mol. The van der Waals surface area contributed by atoms with Crippen LogP contribution in [0.1, 0.15) is 16.1 Å². The number of aromatic carboxylic acids is 1. The molecule has 0 bridgehead atoms. The summed E-state index contributed by atoms with van der Waals surface area (Å²) in [6, 6.07) is 0. The number of carboxylic acids is 1. The van der Waals surface area contributed by atoms with Crippen LogP contribution in [0, 0.1) is 0 Å². The van der Waals surface area contributed by atoms with Crippen molar-refractivity contribution >= 4 is 5.97 Å². The molecule has 1 aliphatic rings. The van der Waals surface area contributed by atoms with Crippen LogP contribution in [0.25, 0.3) is 0 Å². The Balaban J connectivity index is 2.04. The number of hydrogen-bond donors (Lipinski definition) is 2. The molecule has 0 aromatic carbocycles. The summed E-state index contributed by atoms with van der Waals surface area (Å²) in [4.78, 5) is 13.3. The van der Waals surface area contributed by atoms with E-state index in [1.54, 1.807) is 11.7 Å². The molecule has 0 radical (unpaired) electrons. The first-order chi connectivity index (χ1) is 9.11. The second-order valence-corrected chi connectivity index (χ2v) is 4.72. The maximum atomic E-state index is 11.1. The van der Waals surface area contributed by atoms with E-state index >= 15 is 0 Å². The van der Waals surface area contributed by atoms with Gasteiger partial charge in [0.15, 0.2) is 0 Å². The minimum atomic E-state index is -0.928. The lowest BCUT2D eigenvalue weighted by atomic mass is 10.2. The molecule has 1 aromatic heterocycles. The van der Waals surface area contributed by atoms with Gasteiger partial charge in [-0.2, -0.15) is 5.10 Å². The van der Waals surface area contributed by atoms with Crippen LogP contribution in [0.15, 0.2) is 6.20 Å². The van der Waals surface area contributed by atoms with Gasteiger partial charge in [0.25, 0.3) is 0 Å². The molecule has 106 valence electrons. The number of morpholine rings is 1. The Labute approximate surface area is 112 Å². The summed E-state index contributed by atoms with van der Waals surface area (Å²) >= 11 is 0. The van der Waals surface area contributed by atoms with Crippen LogP contribution >= 0.6 is 0 Å². The largest absolute Gasteiger partial charge is 0.478 e. The van der Waals surface area contributed by atoms with Crippen LogP contribution in [-0.2, 0) is 18.3 Å². The van der Waals surface area contributed by atoms with Gasteiger partial charge in [0.05, 0.1) is 24.6 Å². The van der Waals surface area contributed by atoms with E-state index in [-0.39, 0.29) is 11.7 Å². The van der Waals surface area contributed by atoms with E-state index in [0.717, 1.165) is 25.3 Å². The predicted molar refractivity (Wildman–Crippen MR) is 69.1 cm³/mol. The lowest BCUT2D eigenvalue weighted by Crippen LogP contribution is -2.46. The van der Waals surface area contributed by atoms with Crippen LogP contribution in [0.4, 0.5) is 0 Å². The maximum absolute atomic E-state index is 11.1. The fourth-order valence-electron chi connectivity index (χ4n) is 2.32. The van der Waals surface area contributed by atoms with E-state index in [4.69, 9.17) is 9.84 Å². The van der Waals surface area contributed by atoms with Gasteiger partial charge >= 0.3 is 5.97 Å². The first-order valence-corrected chi connectivity index (χ1v) is 6.34. The third kappa shape index (κ3) is 3.31. The quantitative estimate of drug-likeness (QED) is 0.752. The van der Waals surface area contributed by atoms with Gasteiger partial charge in [-0.05, 0) is 7.05 Å². The summed E-state index contributed by atoms with van der Waals surface area (Å²) < 4.78 is 7.26. The molecule has 1 atom stereocenters. The summed E-state index contributed by atoms with van der Waals surface area (Å²) in [5.74, 6) is -0.928. The highest BCUT2D eigenvalue weighted by Crippen LogP contribution is 2.13. The fourth-order valence-corrected chi connectivity index (χ4v) is 2.32. The van der Waals surface area contributed by atoms with Crippen LogP contribution in [0.2, 0.25) is 0 Å². The van der Waals surface area contributed by atoms with Crippen molar-refractivity contribution in [3.63, 3.8) is 0 Å². The van der Waals surface area contributed by atoms with Crippen LogP contribution in [0.5, 0.6) is 0 Å². The number of ether oxygens (including phenoxy) is 1. The van der Waals surface area contributed by atoms with E-state index in [9.17, 15) is 4.79 Å². The van der Waals surface area contributed by atoms with E-state index in [1.807, 2.05) is 7.05 Å². The Morgan fingerprint density at radius 2 is 2.47 bits per heavy atom. The molecule has 2 N–H and O–H groups in total. The molecule has 19 heavy (non-hydrogen) atoms. The summed E-state index contributed by atoms with van der Waals surface area (Å²) in [6.07, 6.45) is 1.56. The summed E-state index contributed by atoms with van der Waals surface area (Å²) in [7, 11) is 3.67. The molecule has 2 heterocycles. The number of aryl methyl sites for hydroxylation is 1. The average Bonchev–Trinajstić information content (AvgIpc) is 2.72. The normalized spacial score (nSPS) is 20.6. The van der Waals surface area contributed by atoms with Crippen molar-refractivity contribution in [3.05, 3.63) is 17.5 Å². The zero-order valence-electron chi connectivity index (χ0n) is 11.3. The average molecular weight is 268 g/mol. The first kappa shape index (κ1) is 14.0. The van der Waals surface area contributed by atoms with Crippen LogP contribution in [-0.4, -0.2) is 65.1 Å². The number of likely N-dealkylation sites (N-methyl/N-ethyl adjacent to an activating group) is 1. The molecule has 1 aliphatic heterocycles. The van der Waals surface area contributed by atoms with Gasteiger partial charge in [0, 0.05) is 33.2 Å². The summed E-state index contributed by atoms with van der Waals surface area (Å²) in [6.45, 7) is 3.66. The van der Waals surface area contributed by atoms with E-state index in [1.165, 1.54) is 6.20 Å². The molecule has 0 aliphatic carbocycles. The predicted octanol–water partition coefficient (Wildman–Crippen LogP) is -0.461. The summed E-state index contributed by atoms with van der Waals surface area (Å²) in [5, 5.41) is 16.3. The van der Waals surface area contributed by atoms with Crippen molar-refractivity contribution in [2.45, 2.75) is 12.6 Å². The molecule has 0 spiro atoms. The van der Waals surface area contributed by atoms with E-state index in [2.05, 4.69) is 15.3 Å². The van der Waals surface area contributed by atoms with Crippen LogP contribution < -0.4 is 5.32 Å². The van der Waals surface area contributed by atoms with Crippen molar-refractivity contribution in [2.24, 2.45) is 7.05 Å². The molecule has 1 aromatic rings. The zero-order valence-corrected chi connectivity index (χ0v) is 11.3. The zero-order chi connectivity index (χ0) is 13.8. The Hall–Kier alpha value is -1.44. The van der Waals surface area contributed by atoms with Crippen molar-refractivity contribution in [3.8, 4) is 0 Å². The van der Waals surface area contributed by atoms with Gasteiger partial charge in [-0.1, -0.05) is 0 Å². The number of aromatic nitrogens is 2. The minimum Gasteiger partial charge on any atom is -0.478 e. The maximum Gasteiger partial charge on any atom is 0.339 e. The standard InChI is InChI=1S/C12H20N4O3/c1-13-5-9-7-16(3-4-19-9)8-11-10(12(17)18)6-14-15(11)2/h6,9,13H,3-5,7-8H2,1-2H3,(H,17,18). The number of carboxylic acid groups (broad SMARTS) is 1. The Morgan fingerprint density at radius 1 is 1.68 bits per heavy atom. The number of rotatable bonds is 5. The van der Waals surface area contributed by atoms with Gasteiger partial charge in [0.2, 0.25) is 0 Å². The molecule has 1 unspecified atom stereocenters. The van der Waals surface area contributed by atoms with Gasteiger partial charge in [0.1, 0.15) is 5.56 Å². The Kier molecular flexibility index (Phi) is 4.52. The highest BCUT2D eigenvalue weighted by atomic mass is 16.5. The van der Waals surface area contributed by atoms with Gasteiger partial charge in [-0.25, -0.2) is 4.79 Å². The second kappa shape index (κ2) is 6.14. The van der Waals surface area contributed by atoms with Crippen molar-refractivity contribution in [1.29, 1.82) is 0 Å². The smallest absolute Gasteiger partial charge is 0.339 e. The Morgan fingerprint density at radius 3 is 3.16 bits per heavy atom. The number of hydrogen-bond acceptors (Lipinski definition) is 5. The first-order valence-electron chi connectivity index (χ1n) is 6.34. The van der Waals surface area contributed by atoms with E-state index < -0.39 is 5.97 Å². The van der Waals surface area contributed by atoms with Gasteiger partial charge in [-0.15, -0.1) is 0 Å². The molecule has 1 saturated heterocycles. The fraction of sp³-hybridized carbons (Fsp3) is 0.667. The topological polar surface area (TPSA) is 79.6 Å². The molecule has 0 saturated carbocycles. The summed E-state index contributed by atoms with van der Waals surface area (Å²) in [5.41, 5.74) is 1.01. The Bertz CT molecular complexity index is 444. The van der Waals surface area contributed by atoms with Crippen molar-refractivity contribution < 1.29 is 14.6 Å². The molecule has 1 fully saturated rings. The SMILES string of the molecule is CNCC1CN(Cc2c(C(=O)O)cnn2C)CCO1. The third-order valence-corrected chi connectivity index (χ3v) is 3.32. The molecule has 7 heteroatoms. The second-order valence-electron chi connectivity index (χ2n) is 4.72. The molecule has 0 amide bonds. The minimum absolute atomic E-state index is 0.153. The van der Waals surface area contributed by atoms with Crippen molar-refractivity contribution in [1.82, 2.24) is 20.0 Å². The molecule has 2 rings (SSSR count). The van der Waals surface area contributed by atoms with Crippen molar-refractivity contribution in [2.75, 3.05) is 33.3 Å².